The molecule has 4 heterocycles. The van der Waals surface area contributed by atoms with Crippen molar-refractivity contribution >= 4 is 28.1 Å². The lowest BCUT2D eigenvalue weighted by Gasteiger charge is -2.40. The van der Waals surface area contributed by atoms with E-state index in [1.807, 2.05) is 6.07 Å². The third-order valence-corrected chi connectivity index (χ3v) is 8.22. The Morgan fingerprint density at radius 3 is 2.61 bits per heavy atom. The van der Waals surface area contributed by atoms with E-state index >= 15 is 0 Å². The standard InChI is InChI=1S/C27H36N4OS/c32-27(21-31-24-9-3-2-8-22(24)20-25(31)26-10-6-19-33-26)28-13-7-14-29-17-11-23(12-18-29)30-15-4-1-5-16-30/h2-3,6,8-10,19-20,23H,1,4-5,7,11-18,21H2,(H,28,32). The predicted octanol–water partition coefficient (Wildman–Crippen LogP) is 4.83. The molecule has 6 heteroatoms. The Kier molecular flexibility index (Phi) is 7.44. The summed E-state index contributed by atoms with van der Waals surface area (Å²) in [5, 5.41) is 6.44. The number of likely N-dealkylation sites (tertiary alicyclic amines) is 2. The Morgan fingerprint density at radius 2 is 1.82 bits per heavy atom. The zero-order chi connectivity index (χ0) is 22.5. The van der Waals surface area contributed by atoms with Crippen LogP contribution in [0.1, 0.15) is 38.5 Å². The summed E-state index contributed by atoms with van der Waals surface area (Å²) in [5.41, 5.74) is 2.24. The SMILES string of the molecule is O=C(Cn1c(-c2cccs2)cc2ccccc21)NCCCN1CCC(N2CCCCC2)CC1. The van der Waals surface area contributed by atoms with Crippen LogP contribution in [-0.2, 0) is 11.3 Å². The van der Waals surface area contributed by atoms with E-state index in [1.165, 1.54) is 68.5 Å². The molecule has 0 atom stereocenters. The number of carbonyl (C=O) groups is 1. The van der Waals surface area contributed by atoms with Crippen LogP contribution in [0.5, 0.6) is 0 Å². The van der Waals surface area contributed by atoms with E-state index in [0.717, 1.165) is 36.8 Å². The van der Waals surface area contributed by atoms with Crippen molar-refractivity contribution in [2.24, 2.45) is 0 Å². The Morgan fingerprint density at radius 1 is 1.00 bits per heavy atom. The molecule has 2 fully saturated rings. The first-order valence-electron chi connectivity index (χ1n) is 12.6. The quantitative estimate of drug-likeness (QED) is 0.486. The number of para-hydroxylation sites is 1. The van der Waals surface area contributed by atoms with Gasteiger partial charge in [-0.2, -0.15) is 0 Å². The molecule has 2 aliphatic heterocycles. The number of fused-ring (bicyclic) bond motifs is 1. The molecule has 2 aromatic heterocycles. The molecule has 176 valence electrons. The van der Waals surface area contributed by atoms with Gasteiger partial charge in [-0.05, 0) is 88.4 Å². The van der Waals surface area contributed by atoms with Crippen LogP contribution in [0.2, 0.25) is 0 Å². The van der Waals surface area contributed by atoms with Crippen LogP contribution >= 0.6 is 11.3 Å². The van der Waals surface area contributed by atoms with Crippen molar-refractivity contribution < 1.29 is 4.79 Å². The zero-order valence-electron chi connectivity index (χ0n) is 19.5. The maximum atomic E-state index is 12.8. The molecule has 0 saturated carbocycles. The minimum Gasteiger partial charge on any atom is -0.355 e. The minimum atomic E-state index is 0.0953. The molecule has 0 bridgehead atoms. The van der Waals surface area contributed by atoms with Crippen LogP contribution in [0.4, 0.5) is 0 Å². The number of rotatable bonds is 8. The van der Waals surface area contributed by atoms with Gasteiger partial charge in [-0.1, -0.05) is 30.7 Å². The van der Waals surface area contributed by atoms with Gasteiger partial charge >= 0.3 is 0 Å². The average Bonchev–Trinajstić information content (AvgIpc) is 3.51. The number of benzene rings is 1. The van der Waals surface area contributed by atoms with Gasteiger partial charge < -0.3 is 19.7 Å². The van der Waals surface area contributed by atoms with Crippen molar-refractivity contribution in [2.45, 2.75) is 51.1 Å². The van der Waals surface area contributed by atoms with Crippen LogP contribution in [0.15, 0.2) is 47.8 Å². The van der Waals surface area contributed by atoms with Crippen LogP contribution in [0.25, 0.3) is 21.5 Å². The topological polar surface area (TPSA) is 40.5 Å². The summed E-state index contributed by atoms with van der Waals surface area (Å²) < 4.78 is 2.15. The predicted molar refractivity (Wildman–Crippen MR) is 138 cm³/mol. The fourth-order valence-corrected chi connectivity index (χ4v) is 6.28. The van der Waals surface area contributed by atoms with E-state index in [-0.39, 0.29) is 5.91 Å². The molecular formula is C27H36N4OS. The van der Waals surface area contributed by atoms with Crippen LogP contribution in [0, 0.1) is 0 Å². The molecule has 0 radical (unpaired) electrons. The molecule has 0 spiro atoms. The number of amides is 1. The second kappa shape index (κ2) is 10.9. The fraction of sp³-hybridized carbons (Fsp3) is 0.519. The van der Waals surface area contributed by atoms with Crippen molar-refractivity contribution in [1.29, 1.82) is 0 Å². The molecule has 0 unspecified atom stereocenters. The molecule has 2 aliphatic rings. The van der Waals surface area contributed by atoms with Crippen molar-refractivity contribution in [3.63, 3.8) is 0 Å². The van der Waals surface area contributed by atoms with Gasteiger partial charge in [0.15, 0.2) is 0 Å². The van der Waals surface area contributed by atoms with Gasteiger partial charge in [-0.25, -0.2) is 0 Å². The molecule has 0 aliphatic carbocycles. The largest absolute Gasteiger partial charge is 0.355 e. The summed E-state index contributed by atoms with van der Waals surface area (Å²) in [7, 11) is 0. The summed E-state index contributed by atoms with van der Waals surface area (Å²) >= 11 is 1.72. The second-order valence-electron chi connectivity index (χ2n) is 9.52. The highest BCUT2D eigenvalue weighted by atomic mass is 32.1. The van der Waals surface area contributed by atoms with Gasteiger partial charge in [-0.3, -0.25) is 4.79 Å². The first-order valence-corrected chi connectivity index (χ1v) is 13.5. The number of nitrogens with one attached hydrogen (secondary N) is 1. The molecule has 1 aromatic carbocycles. The van der Waals surface area contributed by atoms with Crippen LogP contribution in [0.3, 0.4) is 0 Å². The molecule has 1 N–H and O–H groups in total. The maximum Gasteiger partial charge on any atom is 0.239 e. The van der Waals surface area contributed by atoms with Crippen molar-refractivity contribution in [3.05, 3.63) is 47.8 Å². The van der Waals surface area contributed by atoms with Gasteiger partial charge in [-0.15, -0.1) is 11.3 Å². The number of piperidine rings is 2. The lowest BCUT2D eigenvalue weighted by Crippen LogP contribution is -2.47. The molecule has 3 aromatic rings. The molecular weight excluding hydrogens is 428 g/mol. The Labute approximate surface area is 201 Å². The lowest BCUT2D eigenvalue weighted by atomic mass is 10.00. The lowest BCUT2D eigenvalue weighted by molar-refractivity contribution is -0.121. The molecule has 2 saturated heterocycles. The van der Waals surface area contributed by atoms with Crippen molar-refractivity contribution in [1.82, 2.24) is 19.7 Å². The number of nitrogens with zero attached hydrogens (tertiary/aromatic N) is 3. The van der Waals surface area contributed by atoms with Gasteiger partial charge in [0.2, 0.25) is 5.91 Å². The van der Waals surface area contributed by atoms with Crippen molar-refractivity contribution in [2.75, 3.05) is 39.3 Å². The van der Waals surface area contributed by atoms with Crippen LogP contribution < -0.4 is 5.32 Å². The highest BCUT2D eigenvalue weighted by molar-refractivity contribution is 7.13. The summed E-state index contributed by atoms with van der Waals surface area (Å²) in [6, 6.07) is 15.5. The normalized spacial score (nSPS) is 18.7. The molecule has 5 nitrogen and oxygen atoms in total. The third-order valence-electron chi connectivity index (χ3n) is 7.32. The third kappa shape index (κ3) is 5.51. The van der Waals surface area contributed by atoms with Crippen molar-refractivity contribution in [3.8, 4) is 10.6 Å². The first kappa shape index (κ1) is 22.6. The minimum absolute atomic E-state index is 0.0953. The molecule has 33 heavy (non-hydrogen) atoms. The number of hydrogen-bond donors (Lipinski definition) is 1. The summed E-state index contributed by atoms with van der Waals surface area (Å²) in [5.74, 6) is 0.0953. The second-order valence-corrected chi connectivity index (χ2v) is 10.5. The highest BCUT2D eigenvalue weighted by Gasteiger charge is 2.25. The summed E-state index contributed by atoms with van der Waals surface area (Å²) in [6.07, 6.45) is 7.81. The van der Waals surface area contributed by atoms with Gasteiger partial charge in [0.05, 0.1) is 10.6 Å². The average molecular weight is 465 g/mol. The molecule has 1 amide bonds. The Hall–Kier alpha value is -2.15. The number of hydrogen-bond acceptors (Lipinski definition) is 4. The van der Waals surface area contributed by atoms with Crippen LogP contribution in [-0.4, -0.2) is 65.6 Å². The van der Waals surface area contributed by atoms with Gasteiger partial charge in [0.25, 0.3) is 0 Å². The fourth-order valence-electron chi connectivity index (χ4n) is 5.53. The van der Waals surface area contributed by atoms with E-state index in [0.29, 0.717) is 6.54 Å². The Balaban J connectivity index is 1.08. The van der Waals surface area contributed by atoms with E-state index in [2.05, 4.69) is 61.5 Å². The Bertz CT molecular complexity index is 1030. The number of thiophene rings is 1. The van der Waals surface area contributed by atoms with E-state index in [9.17, 15) is 4.79 Å². The number of carbonyl (C=O) groups excluding carboxylic acids is 1. The molecule has 5 rings (SSSR count). The van der Waals surface area contributed by atoms with E-state index < -0.39 is 0 Å². The zero-order valence-corrected chi connectivity index (χ0v) is 20.4. The van der Waals surface area contributed by atoms with Gasteiger partial charge in [0.1, 0.15) is 6.54 Å². The monoisotopic (exact) mass is 464 g/mol. The highest BCUT2D eigenvalue weighted by Crippen LogP contribution is 2.31. The first-order chi connectivity index (χ1) is 16.3. The van der Waals surface area contributed by atoms with E-state index in [1.54, 1.807) is 11.3 Å². The number of aromatic nitrogens is 1. The maximum absolute atomic E-state index is 12.8. The van der Waals surface area contributed by atoms with E-state index in [4.69, 9.17) is 0 Å². The summed E-state index contributed by atoms with van der Waals surface area (Å²) in [6.45, 7) is 7.22. The smallest absolute Gasteiger partial charge is 0.239 e. The van der Waals surface area contributed by atoms with Gasteiger partial charge in [0, 0.05) is 23.5 Å². The summed E-state index contributed by atoms with van der Waals surface area (Å²) in [4.78, 5) is 19.3.